The van der Waals surface area contributed by atoms with Crippen LogP contribution in [0.4, 0.5) is 0 Å². The second-order valence-electron chi connectivity index (χ2n) is 5.21. The minimum atomic E-state index is 0.101. The second-order valence-corrected chi connectivity index (χ2v) is 5.21. The zero-order valence-electron chi connectivity index (χ0n) is 12.3. The number of hydrogen-bond acceptors (Lipinski definition) is 2. The third kappa shape index (κ3) is 3.40. The normalized spacial score (nSPS) is 12.6. The number of rotatable bonds is 6. The molecule has 0 fully saturated rings. The Kier molecular flexibility index (Phi) is 5.19. The van der Waals surface area contributed by atoms with E-state index in [0.29, 0.717) is 5.75 Å². The molecule has 0 saturated carbocycles. The molecule has 0 heterocycles. The molecule has 0 bridgehead atoms. The molecule has 2 aromatic carbocycles. The van der Waals surface area contributed by atoms with E-state index in [1.807, 2.05) is 24.3 Å². The fourth-order valence-electron chi connectivity index (χ4n) is 2.56. The molecule has 0 saturated heterocycles. The lowest BCUT2D eigenvalue weighted by atomic mass is 9.96. The summed E-state index contributed by atoms with van der Waals surface area (Å²) < 4.78 is 0. The minimum Gasteiger partial charge on any atom is -0.508 e. The summed E-state index contributed by atoms with van der Waals surface area (Å²) in [5.74, 6) is 0.365. The lowest BCUT2D eigenvalue weighted by molar-refractivity contribution is 0.269. The summed E-state index contributed by atoms with van der Waals surface area (Å²) in [6.07, 6.45) is 2.33. The van der Waals surface area contributed by atoms with Crippen LogP contribution in [0.5, 0.6) is 5.75 Å². The Balaban J connectivity index is 2.37. The Bertz CT molecular complexity index is 524. The zero-order valence-corrected chi connectivity index (χ0v) is 12.3. The summed E-state index contributed by atoms with van der Waals surface area (Å²) in [5.41, 5.74) is 2.19. The van der Waals surface area contributed by atoms with Gasteiger partial charge in [0, 0.05) is 5.56 Å². The van der Waals surface area contributed by atoms with Crippen molar-refractivity contribution in [3.8, 4) is 5.75 Å². The van der Waals surface area contributed by atoms with E-state index in [0.717, 1.165) is 18.5 Å². The van der Waals surface area contributed by atoms with E-state index in [9.17, 15) is 5.11 Å². The van der Waals surface area contributed by atoms with Crippen molar-refractivity contribution in [3.05, 3.63) is 65.7 Å². The SMILES string of the molecule is CCCCN(C)C(c1ccccc1)c1ccccc1O. The number of phenols is 1. The Hall–Kier alpha value is -1.80. The van der Waals surface area contributed by atoms with Gasteiger partial charge < -0.3 is 5.11 Å². The van der Waals surface area contributed by atoms with Crippen molar-refractivity contribution in [1.82, 2.24) is 4.90 Å². The molecule has 2 aromatic rings. The average Bonchev–Trinajstić information content (AvgIpc) is 2.48. The number of para-hydroxylation sites is 1. The van der Waals surface area contributed by atoms with E-state index in [2.05, 4.69) is 43.1 Å². The van der Waals surface area contributed by atoms with E-state index in [1.54, 1.807) is 6.07 Å². The number of hydrogen-bond donors (Lipinski definition) is 1. The maximum Gasteiger partial charge on any atom is 0.120 e. The van der Waals surface area contributed by atoms with Crippen molar-refractivity contribution < 1.29 is 5.11 Å². The van der Waals surface area contributed by atoms with Crippen molar-refractivity contribution >= 4 is 0 Å². The summed E-state index contributed by atoms with van der Waals surface area (Å²) >= 11 is 0. The Labute approximate surface area is 121 Å². The number of phenolic OH excluding ortho intramolecular Hbond substituents is 1. The first-order valence-corrected chi connectivity index (χ1v) is 7.27. The predicted octanol–water partition coefficient (Wildman–Crippen LogP) is 4.21. The van der Waals surface area contributed by atoms with Crippen LogP contribution in [0.3, 0.4) is 0 Å². The van der Waals surface area contributed by atoms with Gasteiger partial charge in [-0.05, 0) is 31.6 Å². The van der Waals surface area contributed by atoms with Crippen LogP contribution in [0.25, 0.3) is 0 Å². The van der Waals surface area contributed by atoms with Crippen molar-refractivity contribution in [3.63, 3.8) is 0 Å². The third-order valence-corrected chi connectivity index (χ3v) is 3.65. The Morgan fingerprint density at radius 2 is 1.65 bits per heavy atom. The largest absolute Gasteiger partial charge is 0.508 e. The summed E-state index contributed by atoms with van der Waals surface area (Å²) in [6, 6.07) is 18.1. The molecule has 1 unspecified atom stereocenters. The molecule has 20 heavy (non-hydrogen) atoms. The van der Waals surface area contributed by atoms with Crippen LogP contribution in [-0.2, 0) is 0 Å². The van der Waals surface area contributed by atoms with Crippen LogP contribution in [0.2, 0.25) is 0 Å². The van der Waals surface area contributed by atoms with Crippen molar-refractivity contribution in [2.24, 2.45) is 0 Å². The quantitative estimate of drug-likeness (QED) is 0.849. The molecule has 0 amide bonds. The monoisotopic (exact) mass is 269 g/mol. The molecule has 1 atom stereocenters. The van der Waals surface area contributed by atoms with Crippen molar-refractivity contribution in [2.45, 2.75) is 25.8 Å². The van der Waals surface area contributed by atoms with Gasteiger partial charge in [-0.2, -0.15) is 0 Å². The van der Waals surface area contributed by atoms with Crippen LogP contribution < -0.4 is 0 Å². The summed E-state index contributed by atoms with van der Waals surface area (Å²) in [4.78, 5) is 2.31. The van der Waals surface area contributed by atoms with Gasteiger partial charge in [-0.1, -0.05) is 61.9 Å². The molecule has 106 valence electrons. The summed E-state index contributed by atoms with van der Waals surface area (Å²) in [5, 5.41) is 10.2. The molecule has 0 radical (unpaired) electrons. The van der Waals surface area contributed by atoms with Crippen LogP contribution >= 0.6 is 0 Å². The predicted molar refractivity (Wildman–Crippen MR) is 83.9 cm³/mol. The average molecular weight is 269 g/mol. The van der Waals surface area contributed by atoms with E-state index in [1.165, 1.54) is 12.0 Å². The van der Waals surface area contributed by atoms with Crippen molar-refractivity contribution in [2.75, 3.05) is 13.6 Å². The first kappa shape index (κ1) is 14.6. The molecule has 0 aliphatic heterocycles. The second kappa shape index (κ2) is 7.11. The molecular formula is C18H23NO. The van der Waals surface area contributed by atoms with Crippen LogP contribution in [0.15, 0.2) is 54.6 Å². The number of unbranched alkanes of at least 4 members (excludes halogenated alkanes) is 1. The fourth-order valence-corrected chi connectivity index (χ4v) is 2.56. The highest BCUT2D eigenvalue weighted by Crippen LogP contribution is 2.33. The van der Waals surface area contributed by atoms with E-state index >= 15 is 0 Å². The Morgan fingerprint density at radius 3 is 2.30 bits per heavy atom. The molecule has 0 aliphatic carbocycles. The van der Waals surface area contributed by atoms with Crippen LogP contribution in [0.1, 0.15) is 36.9 Å². The number of benzene rings is 2. The lowest BCUT2D eigenvalue weighted by Crippen LogP contribution is -2.26. The zero-order chi connectivity index (χ0) is 14.4. The number of nitrogens with zero attached hydrogens (tertiary/aromatic N) is 1. The van der Waals surface area contributed by atoms with Gasteiger partial charge in [-0.3, -0.25) is 4.90 Å². The van der Waals surface area contributed by atoms with Gasteiger partial charge in [0.2, 0.25) is 0 Å². The topological polar surface area (TPSA) is 23.5 Å². The first-order valence-electron chi connectivity index (χ1n) is 7.27. The molecule has 2 nitrogen and oxygen atoms in total. The molecule has 0 spiro atoms. The van der Waals surface area contributed by atoms with Gasteiger partial charge in [-0.15, -0.1) is 0 Å². The van der Waals surface area contributed by atoms with Gasteiger partial charge >= 0.3 is 0 Å². The van der Waals surface area contributed by atoms with Gasteiger partial charge in [0.15, 0.2) is 0 Å². The fraction of sp³-hybridized carbons (Fsp3) is 0.333. The van der Waals surface area contributed by atoms with Gasteiger partial charge in [-0.25, -0.2) is 0 Å². The minimum absolute atomic E-state index is 0.101. The van der Waals surface area contributed by atoms with Gasteiger partial charge in [0.05, 0.1) is 6.04 Å². The first-order chi connectivity index (χ1) is 9.74. The highest BCUT2D eigenvalue weighted by atomic mass is 16.3. The van der Waals surface area contributed by atoms with E-state index in [-0.39, 0.29) is 6.04 Å². The van der Waals surface area contributed by atoms with Crippen LogP contribution in [-0.4, -0.2) is 23.6 Å². The van der Waals surface area contributed by atoms with Gasteiger partial charge in [0.25, 0.3) is 0 Å². The molecular weight excluding hydrogens is 246 g/mol. The maximum atomic E-state index is 10.2. The Morgan fingerprint density at radius 1 is 1.00 bits per heavy atom. The van der Waals surface area contributed by atoms with Crippen LogP contribution in [0, 0.1) is 0 Å². The third-order valence-electron chi connectivity index (χ3n) is 3.65. The summed E-state index contributed by atoms with van der Waals surface area (Å²) in [6.45, 7) is 3.22. The molecule has 2 rings (SSSR count). The molecule has 2 heteroatoms. The van der Waals surface area contributed by atoms with E-state index in [4.69, 9.17) is 0 Å². The lowest BCUT2D eigenvalue weighted by Gasteiger charge is -2.29. The van der Waals surface area contributed by atoms with Crippen molar-refractivity contribution in [1.29, 1.82) is 0 Å². The smallest absolute Gasteiger partial charge is 0.120 e. The number of aromatic hydroxyl groups is 1. The van der Waals surface area contributed by atoms with E-state index < -0.39 is 0 Å². The molecule has 1 N–H and O–H groups in total. The standard InChI is InChI=1S/C18H23NO/c1-3-4-14-19(2)18(15-10-6-5-7-11-15)16-12-8-9-13-17(16)20/h5-13,18,20H,3-4,14H2,1-2H3. The van der Waals surface area contributed by atoms with Gasteiger partial charge in [0.1, 0.15) is 5.75 Å². The molecule has 0 aromatic heterocycles. The molecule has 0 aliphatic rings. The highest BCUT2D eigenvalue weighted by molar-refractivity contribution is 5.40. The highest BCUT2D eigenvalue weighted by Gasteiger charge is 2.21. The maximum absolute atomic E-state index is 10.2. The summed E-state index contributed by atoms with van der Waals surface area (Å²) in [7, 11) is 2.12.